The number of hydrogen-bond acceptors (Lipinski definition) is 3. The van der Waals surface area contributed by atoms with Crippen LogP contribution in [0, 0.1) is 0 Å². The minimum atomic E-state index is -1.30. The largest absolute Gasteiger partial charge is 0.478 e. The van der Waals surface area contributed by atoms with E-state index < -0.39 is 18.1 Å². The number of rotatable bonds is 2. The van der Waals surface area contributed by atoms with Crippen LogP contribution in [0.3, 0.4) is 0 Å². The fourth-order valence-electron chi connectivity index (χ4n) is 1.94. The molecule has 0 saturated carbocycles. The summed E-state index contributed by atoms with van der Waals surface area (Å²) in [6.45, 7) is 0. The number of nitrogens with zero attached hydrogens (tertiary/aromatic N) is 2. The van der Waals surface area contributed by atoms with E-state index in [0.717, 1.165) is 10.8 Å². The van der Waals surface area contributed by atoms with E-state index in [1.54, 1.807) is 6.07 Å². The molecule has 8 nitrogen and oxygen atoms in total. The Bertz CT molecular complexity index is 748. The number of aromatic nitrogens is 1. The monoisotopic (exact) mass is 291 g/mol. The Labute approximate surface area is 119 Å². The molecule has 0 aliphatic rings. The Morgan fingerprint density at radius 2 is 1.86 bits per heavy atom. The van der Waals surface area contributed by atoms with Crippen LogP contribution in [0.5, 0.6) is 0 Å². The summed E-state index contributed by atoms with van der Waals surface area (Å²) < 4.78 is 0.810. The molecule has 1 aromatic heterocycles. The van der Waals surface area contributed by atoms with Gasteiger partial charge in [-0.15, -0.1) is 0 Å². The molecule has 21 heavy (non-hydrogen) atoms. The summed E-state index contributed by atoms with van der Waals surface area (Å²) >= 11 is 0. The number of hydrogen-bond donors (Lipinski definition) is 3. The van der Waals surface area contributed by atoms with Gasteiger partial charge in [-0.05, 0) is 12.1 Å². The molecule has 2 amide bonds. The molecule has 0 radical (unpaired) electrons. The van der Waals surface area contributed by atoms with Crippen LogP contribution in [-0.2, 0) is 0 Å². The van der Waals surface area contributed by atoms with Gasteiger partial charge in [0.25, 0.3) is 0 Å². The van der Waals surface area contributed by atoms with Gasteiger partial charge in [0.2, 0.25) is 0 Å². The molecule has 1 heterocycles. The van der Waals surface area contributed by atoms with Crippen LogP contribution in [0.4, 0.5) is 15.3 Å². The SMILES string of the molecule is CN(C)C(=O)Nc1cccc2c1c(C(=O)O)cn2C(=O)O. The topological polar surface area (TPSA) is 112 Å². The van der Waals surface area contributed by atoms with Gasteiger partial charge in [-0.3, -0.25) is 4.57 Å². The van der Waals surface area contributed by atoms with Crippen molar-refractivity contribution in [3.05, 3.63) is 30.0 Å². The number of amides is 2. The molecule has 0 atom stereocenters. The van der Waals surface area contributed by atoms with Gasteiger partial charge >= 0.3 is 18.1 Å². The Morgan fingerprint density at radius 1 is 1.19 bits per heavy atom. The molecule has 0 spiro atoms. The third kappa shape index (κ3) is 2.50. The smallest absolute Gasteiger partial charge is 0.416 e. The van der Waals surface area contributed by atoms with Gasteiger partial charge in [0.1, 0.15) is 0 Å². The lowest BCUT2D eigenvalue weighted by molar-refractivity contribution is 0.0699. The van der Waals surface area contributed by atoms with Gasteiger partial charge in [0.15, 0.2) is 0 Å². The zero-order chi connectivity index (χ0) is 15.7. The summed E-state index contributed by atoms with van der Waals surface area (Å²) in [5.41, 5.74) is 0.238. The highest BCUT2D eigenvalue weighted by atomic mass is 16.4. The Hall–Kier alpha value is -3.03. The molecule has 2 rings (SSSR count). The zero-order valence-corrected chi connectivity index (χ0v) is 11.3. The van der Waals surface area contributed by atoms with Crippen LogP contribution in [0.2, 0.25) is 0 Å². The van der Waals surface area contributed by atoms with Crippen LogP contribution in [0.1, 0.15) is 10.4 Å². The number of anilines is 1. The Kier molecular flexibility index (Phi) is 3.53. The zero-order valence-electron chi connectivity index (χ0n) is 11.3. The lowest BCUT2D eigenvalue weighted by atomic mass is 10.1. The highest BCUT2D eigenvalue weighted by Gasteiger charge is 2.20. The molecule has 0 aliphatic heterocycles. The van der Waals surface area contributed by atoms with Gasteiger partial charge in [-0.2, -0.15) is 0 Å². The fourth-order valence-corrected chi connectivity index (χ4v) is 1.94. The molecule has 1 aromatic carbocycles. The number of benzene rings is 1. The number of carboxylic acids is 1. The van der Waals surface area contributed by atoms with Gasteiger partial charge in [0.05, 0.1) is 16.8 Å². The number of urea groups is 1. The van der Waals surface area contributed by atoms with Gasteiger partial charge in [0, 0.05) is 25.7 Å². The first kappa shape index (κ1) is 14.4. The van der Waals surface area contributed by atoms with Crippen LogP contribution >= 0.6 is 0 Å². The molecule has 0 fully saturated rings. The molecule has 110 valence electrons. The maximum atomic E-state index is 11.7. The van der Waals surface area contributed by atoms with E-state index in [0.29, 0.717) is 0 Å². The lowest BCUT2D eigenvalue weighted by Gasteiger charge is -2.13. The van der Waals surface area contributed by atoms with Crippen molar-refractivity contribution in [1.82, 2.24) is 9.47 Å². The Balaban J connectivity index is 2.70. The summed E-state index contributed by atoms with van der Waals surface area (Å²) in [7, 11) is 3.08. The average molecular weight is 291 g/mol. The van der Waals surface area contributed by atoms with E-state index >= 15 is 0 Å². The number of carbonyl (C=O) groups excluding carboxylic acids is 1. The van der Waals surface area contributed by atoms with Gasteiger partial charge < -0.3 is 20.4 Å². The second-order valence-corrected chi connectivity index (χ2v) is 4.52. The minimum Gasteiger partial charge on any atom is -0.478 e. The van der Waals surface area contributed by atoms with E-state index in [9.17, 15) is 19.5 Å². The second-order valence-electron chi connectivity index (χ2n) is 4.52. The van der Waals surface area contributed by atoms with Crippen molar-refractivity contribution in [1.29, 1.82) is 0 Å². The van der Waals surface area contributed by atoms with Gasteiger partial charge in [-0.25, -0.2) is 14.4 Å². The first-order valence-electron chi connectivity index (χ1n) is 5.92. The van der Waals surface area contributed by atoms with E-state index in [1.807, 2.05) is 0 Å². The standard InChI is InChI=1S/C13H13N3O5/c1-15(2)12(19)14-8-4-3-5-9-10(8)7(11(17)18)6-16(9)13(20)21/h3-6H,1-2H3,(H,14,19)(H,17,18)(H,20,21). The van der Waals surface area contributed by atoms with Crippen LogP contribution in [0.25, 0.3) is 10.9 Å². The summed E-state index contributed by atoms with van der Waals surface area (Å²) in [6.07, 6.45) is -0.288. The molecule has 8 heteroatoms. The number of carbonyl (C=O) groups is 3. The van der Waals surface area contributed by atoms with Crippen molar-refractivity contribution in [2.75, 3.05) is 19.4 Å². The first-order chi connectivity index (χ1) is 9.82. The molecule has 0 bridgehead atoms. The molecule has 3 N–H and O–H groups in total. The molecule has 0 unspecified atom stereocenters. The van der Waals surface area contributed by atoms with Crippen molar-refractivity contribution in [3.63, 3.8) is 0 Å². The fraction of sp³-hybridized carbons (Fsp3) is 0.154. The molecular formula is C13H13N3O5. The molecule has 0 saturated heterocycles. The van der Waals surface area contributed by atoms with E-state index in [2.05, 4.69) is 5.32 Å². The van der Waals surface area contributed by atoms with E-state index in [4.69, 9.17) is 5.11 Å². The third-order valence-electron chi connectivity index (χ3n) is 2.91. The minimum absolute atomic E-state index is 0.169. The normalized spacial score (nSPS) is 10.4. The van der Waals surface area contributed by atoms with E-state index in [-0.39, 0.29) is 22.2 Å². The number of aromatic carboxylic acids is 1. The second kappa shape index (κ2) is 5.16. The number of nitrogens with one attached hydrogen (secondary N) is 1. The Morgan fingerprint density at radius 3 is 2.38 bits per heavy atom. The van der Waals surface area contributed by atoms with Crippen molar-refractivity contribution >= 4 is 34.7 Å². The predicted molar refractivity (Wildman–Crippen MR) is 75.0 cm³/mol. The number of carboxylic acid groups (broad SMARTS) is 2. The van der Waals surface area contributed by atoms with Crippen molar-refractivity contribution < 1.29 is 24.6 Å². The van der Waals surface area contributed by atoms with Crippen LogP contribution in [-0.4, -0.2) is 51.9 Å². The molecule has 2 aromatic rings. The van der Waals surface area contributed by atoms with Crippen LogP contribution < -0.4 is 5.32 Å². The van der Waals surface area contributed by atoms with Crippen molar-refractivity contribution in [2.45, 2.75) is 0 Å². The van der Waals surface area contributed by atoms with Crippen molar-refractivity contribution in [2.24, 2.45) is 0 Å². The molecular weight excluding hydrogens is 278 g/mol. The lowest BCUT2D eigenvalue weighted by Crippen LogP contribution is -2.27. The molecule has 0 aliphatic carbocycles. The summed E-state index contributed by atoms with van der Waals surface area (Å²) in [5.74, 6) is -1.27. The highest BCUT2D eigenvalue weighted by Crippen LogP contribution is 2.29. The summed E-state index contributed by atoms with van der Waals surface area (Å²) in [6, 6.07) is 4.09. The highest BCUT2D eigenvalue weighted by molar-refractivity contribution is 6.13. The maximum absolute atomic E-state index is 11.7. The van der Waals surface area contributed by atoms with Gasteiger partial charge in [-0.1, -0.05) is 6.07 Å². The van der Waals surface area contributed by atoms with Crippen molar-refractivity contribution in [3.8, 4) is 0 Å². The maximum Gasteiger partial charge on any atom is 0.416 e. The van der Waals surface area contributed by atoms with Crippen LogP contribution in [0.15, 0.2) is 24.4 Å². The third-order valence-corrected chi connectivity index (χ3v) is 2.91. The van der Waals surface area contributed by atoms with E-state index in [1.165, 1.54) is 31.1 Å². The average Bonchev–Trinajstić information content (AvgIpc) is 2.79. The summed E-state index contributed by atoms with van der Waals surface area (Å²) in [4.78, 5) is 35.5. The summed E-state index contributed by atoms with van der Waals surface area (Å²) in [5, 5.41) is 21.0. The number of fused-ring (bicyclic) bond motifs is 1. The predicted octanol–water partition coefficient (Wildman–Crippen LogP) is 1.96. The quantitative estimate of drug-likeness (QED) is 0.783. The first-order valence-corrected chi connectivity index (χ1v) is 5.92.